The third-order valence-electron chi connectivity index (χ3n) is 5.22. The third kappa shape index (κ3) is 2.39. The summed E-state index contributed by atoms with van der Waals surface area (Å²) in [6.07, 6.45) is 3.60. The summed E-state index contributed by atoms with van der Waals surface area (Å²) in [5.74, 6) is 0.441. The van der Waals surface area contributed by atoms with Gasteiger partial charge in [-0.05, 0) is 73.2 Å². The molecule has 0 radical (unpaired) electrons. The number of aromatic hydroxyl groups is 1. The molecule has 1 aliphatic carbocycles. The molecular formula is C22H21NO2. The molecule has 0 atom stereocenters. The second-order valence-corrected chi connectivity index (χ2v) is 6.91. The van der Waals surface area contributed by atoms with Crippen molar-refractivity contribution in [1.29, 1.82) is 0 Å². The lowest BCUT2D eigenvalue weighted by Gasteiger charge is -2.16. The van der Waals surface area contributed by atoms with Crippen molar-refractivity contribution in [3.8, 4) is 5.75 Å². The fraction of sp³-hybridized carbons (Fsp3) is 0.227. The van der Waals surface area contributed by atoms with Crippen LogP contribution < -0.4 is 0 Å². The summed E-state index contributed by atoms with van der Waals surface area (Å²) in [6, 6.07) is 12.1. The van der Waals surface area contributed by atoms with Crippen LogP contribution in [0.3, 0.4) is 0 Å². The number of carbonyl (C=O) groups is 1. The molecule has 0 spiro atoms. The third-order valence-corrected chi connectivity index (χ3v) is 5.22. The maximum absolute atomic E-state index is 13.1. The zero-order chi connectivity index (χ0) is 17.7. The minimum Gasteiger partial charge on any atom is -0.507 e. The van der Waals surface area contributed by atoms with Crippen molar-refractivity contribution >= 4 is 22.8 Å². The number of phenolic OH excluding ortho intramolecular Hbond substituents is 1. The molecule has 3 aromatic rings. The number of allylic oxidation sites excluding steroid dienone is 1. The van der Waals surface area contributed by atoms with Crippen LogP contribution in [-0.2, 0) is 13.5 Å². The fourth-order valence-corrected chi connectivity index (χ4v) is 3.95. The molecule has 0 fully saturated rings. The predicted octanol–water partition coefficient (Wildman–Crippen LogP) is 4.71. The number of rotatable bonds is 1. The van der Waals surface area contributed by atoms with Gasteiger partial charge in [0.1, 0.15) is 5.75 Å². The zero-order valence-electron chi connectivity index (χ0n) is 14.8. The van der Waals surface area contributed by atoms with Gasteiger partial charge in [-0.2, -0.15) is 0 Å². The number of phenols is 1. The number of hydrogen-bond acceptors (Lipinski definition) is 2. The van der Waals surface area contributed by atoms with E-state index in [2.05, 4.69) is 12.1 Å². The van der Waals surface area contributed by atoms with Crippen LogP contribution in [0.15, 0.2) is 42.0 Å². The molecule has 1 N–H and O–H groups in total. The van der Waals surface area contributed by atoms with Crippen LogP contribution in [0.4, 0.5) is 0 Å². The maximum Gasteiger partial charge on any atom is 0.205 e. The van der Waals surface area contributed by atoms with Gasteiger partial charge < -0.3 is 9.67 Å². The first-order valence-electron chi connectivity index (χ1n) is 8.59. The lowest BCUT2D eigenvalue weighted by molar-refractivity contribution is 0.101. The van der Waals surface area contributed by atoms with Crippen molar-refractivity contribution in [2.75, 3.05) is 0 Å². The average Bonchev–Trinajstić information content (AvgIpc) is 2.89. The molecule has 0 bridgehead atoms. The first-order valence-corrected chi connectivity index (χ1v) is 8.59. The SMILES string of the molecule is Cc1cc(/C=C2\CCc3c(n(C)c4ccccc34)C2=O)cc(C)c1O. The van der Waals surface area contributed by atoms with Gasteiger partial charge in [0, 0.05) is 23.5 Å². The highest BCUT2D eigenvalue weighted by molar-refractivity contribution is 6.15. The number of nitrogens with zero attached hydrogens (tertiary/aromatic N) is 1. The Labute approximate surface area is 147 Å². The van der Waals surface area contributed by atoms with Gasteiger partial charge in [0.2, 0.25) is 5.78 Å². The highest BCUT2D eigenvalue weighted by Crippen LogP contribution is 2.34. The summed E-state index contributed by atoms with van der Waals surface area (Å²) in [4.78, 5) is 13.1. The molecule has 1 aromatic heterocycles. The first kappa shape index (κ1) is 15.7. The van der Waals surface area contributed by atoms with Gasteiger partial charge in [-0.3, -0.25) is 4.79 Å². The fourth-order valence-electron chi connectivity index (χ4n) is 3.95. The second-order valence-electron chi connectivity index (χ2n) is 6.91. The summed E-state index contributed by atoms with van der Waals surface area (Å²) in [7, 11) is 1.97. The molecule has 0 amide bonds. The van der Waals surface area contributed by atoms with E-state index in [9.17, 15) is 9.90 Å². The zero-order valence-corrected chi connectivity index (χ0v) is 14.8. The van der Waals surface area contributed by atoms with E-state index >= 15 is 0 Å². The van der Waals surface area contributed by atoms with Crippen molar-refractivity contribution in [1.82, 2.24) is 4.57 Å². The highest BCUT2D eigenvalue weighted by atomic mass is 16.3. The number of aryl methyl sites for hydroxylation is 4. The Hall–Kier alpha value is -2.81. The standard InChI is InChI=1S/C22H21NO2/c1-13-10-15(11-14(2)21(13)24)12-16-8-9-18-17-6-4-5-7-19(17)23(3)20(18)22(16)25/h4-7,10-12,24H,8-9H2,1-3H3/b16-12+. The quantitative estimate of drug-likeness (QED) is 0.656. The van der Waals surface area contributed by atoms with Gasteiger partial charge in [0.15, 0.2) is 0 Å². The van der Waals surface area contributed by atoms with E-state index in [1.54, 1.807) is 0 Å². The molecule has 1 aliphatic rings. The Morgan fingerprint density at radius 3 is 2.48 bits per heavy atom. The van der Waals surface area contributed by atoms with E-state index in [0.29, 0.717) is 5.75 Å². The van der Waals surface area contributed by atoms with Crippen molar-refractivity contribution in [3.63, 3.8) is 0 Å². The van der Waals surface area contributed by atoms with Crippen molar-refractivity contribution in [2.24, 2.45) is 7.05 Å². The normalized spacial score (nSPS) is 15.8. The summed E-state index contributed by atoms with van der Waals surface area (Å²) in [5.41, 5.74) is 6.56. The number of para-hydroxylation sites is 1. The molecule has 25 heavy (non-hydrogen) atoms. The van der Waals surface area contributed by atoms with E-state index in [0.717, 1.165) is 46.3 Å². The summed E-state index contributed by atoms with van der Waals surface area (Å²) >= 11 is 0. The Balaban J connectivity index is 1.82. The van der Waals surface area contributed by atoms with E-state index in [4.69, 9.17) is 0 Å². The Morgan fingerprint density at radius 2 is 1.76 bits per heavy atom. The van der Waals surface area contributed by atoms with Gasteiger partial charge >= 0.3 is 0 Å². The van der Waals surface area contributed by atoms with Crippen LogP contribution in [-0.4, -0.2) is 15.5 Å². The smallest absolute Gasteiger partial charge is 0.205 e. The lowest BCUT2D eigenvalue weighted by Crippen LogP contribution is -2.16. The number of hydrogen-bond donors (Lipinski definition) is 1. The van der Waals surface area contributed by atoms with Crippen LogP contribution >= 0.6 is 0 Å². The molecule has 4 rings (SSSR count). The van der Waals surface area contributed by atoms with Crippen molar-refractivity contribution in [3.05, 3.63) is 69.9 Å². The maximum atomic E-state index is 13.1. The molecule has 3 nitrogen and oxygen atoms in total. The van der Waals surface area contributed by atoms with Gasteiger partial charge in [0.25, 0.3) is 0 Å². The van der Waals surface area contributed by atoms with Crippen LogP contribution in [0.25, 0.3) is 17.0 Å². The number of carbonyl (C=O) groups excluding carboxylic acids is 1. The molecule has 2 aromatic carbocycles. The number of ketones is 1. The minimum atomic E-state index is 0.114. The first-order chi connectivity index (χ1) is 12.0. The van der Waals surface area contributed by atoms with Gasteiger partial charge in [-0.15, -0.1) is 0 Å². The van der Waals surface area contributed by atoms with E-state index in [1.807, 2.05) is 55.8 Å². The minimum absolute atomic E-state index is 0.114. The van der Waals surface area contributed by atoms with Crippen LogP contribution in [0.2, 0.25) is 0 Å². The summed E-state index contributed by atoms with van der Waals surface area (Å²) in [5, 5.41) is 11.1. The van der Waals surface area contributed by atoms with Crippen molar-refractivity contribution < 1.29 is 9.90 Å². The van der Waals surface area contributed by atoms with E-state index in [-0.39, 0.29) is 5.78 Å². The molecule has 0 aliphatic heterocycles. The lowest BCUT2D eigenvalue weighted by atomic mass is 9.88. The molecule has 0 saturated carbocycles. The Bertz CT molecular complexity index is 1030. The average molecular weight is 331 g/mol. The topological polar surface area (TPSA) is 42.2 Å². The largest absolute Gasteiger partial charge is 0.507 e. The van der Waals surface area contributed by atoms with Gasteiger partial charge in [-0.25, -0.2) is 0 Å². The number of aromatic nitrogens is 1. The summed E-state index contributed by atoms with van der Waals surface area (Å²) < 4.78 is 2.02. The second kappa shape index (κ2) is 5.62. The summed E-state index contributed by atoms with van der Waals surface area (Å²) in [6.45, 7) is 3.77. The molecule has 126 valence electrons. The highest BCUT2D eigenvalue weighted by Gasteiger charge is 2.27. The number of fused-ring (bicyclic) bond motifs is 3. The monoisotopic (exact) mass is 331 g/mol. The van der Waals surface area contributed by atoms with Crippen LogP contribution in [0.1, 0.15) is 39.2 Å². The molecule has 0 unspecified atom stereocenters. The number of Topliss-reactive ketones (excluding diaryl/α,β-unsaturated/α-hetero) is 1. The van der Waals surface area contributed by atoms with E-state index in [1.165, 1.54) is 10.9 Å². The predicted molar refractivity (Wildman–Crippen MR) is 101 cm³/mol. The Morgan fingerprint density at radius 1 is 1.08 bits per heavy atom. The van der Waals surface area contributed by atoms with Crippen molar-refractivity contribution in [2.45, 2.75) is 26.7 Å². The molecule has 0 saturated heterocycles. The van der Waals surface area contributed by atoms with Gasteiger partial charge in [0.05, 0.1) is 5.69 Å². The van der Waals surface area contributed by atoms with E-state index < -0.39 is 0 Å². The molecule has 3 heteroatoms. The van der Waals surface area contributed by atoms with Gasteiger partial charge in [-0.1, -0.05) is 18.2 Å². The molecule has 1 heterocycles. The Kier molecular flexibility index (Phi) is 3.53. The van der Waals surface area contributed by atoms with Crippen LogP contribution in [0.5, 0.6) is 5.75 Å². The number of benzene rings is 2. The molecular weight excluding hydrogens is 310 g/mol. The van der Waals surface area contributed by atoms with Crippen LogP contribution in [0, 0.1) is 13.8 Å².